The number of ether oxygens (including phenoxy) is 1. The van der Waals surface area contributed by atoms with Crippen molar-refractivity contribution in [3.63, 3.8) is 0 Å². The minimum atomic E-state index is 0.335. The summed E-state index contributed by atoms with van der Waals surface area (Å²) >= 11 is 6.30. The Morgan fingerprint density at radius 2 is 2.05 bits per heavy atom. The molecule has 1 saturated heterocycles. The predicted octanol–water partition coefficient (Wildman–Crippen LogP) is 2.71. The Balaban J connectivity index is 1.94. The van der Waals surface area contributed by atoms with Gasteiger partial charge in [0.15, 0.2) is 0 Å². The number of hydrogen-bond acceptors (Lipinski definition) is 3. The second-order valence-corrected chi connectivity index (χ2v) is 5.28. The number of benzene rings is 1. The Labute approximate surface area is 120 Å². The fraction of sp³-hybridized carbons (Fsp3) is 0.600. The van der Waals surface area contributed by atoms with Gasteiger partial charge in [-0.05, 0) is 24.6 Å². The van der Waals surface area contributed by atoms with Crippen LogP contribution in [0, 0.1) is 0 Å². The molecule has 1 fully saturated rings. The topological polar surface area (TPSA) is 24.5 Å². The van der Waals surface area contributed by atoms with E-state index in [0.29, 0.717) is 6.04 Å². The van der Waals surface area contributed by atoms with Crippen molar-refractivity contribution in [1.82, 2.24) is 10.2 Å². The molecule has 106 valence electrons. The third-order valence-electron chi connectivity index (χ3n) is 3.57. The Kier molecular flexibility index (Phi) is 6.11. The van der Waals surface area contributed by atoms with Gasteiger partial charge in [-0.25, -0.2) is 0 Å². The van der Waals surface area contributed by atoms with Gasteiger partial charge < -0.3 is 10.1 Å². The molecule has 1 aromatic carbocycles. The molecule has 19 heavy (non-hydrogen) atoms. The quantitative estimate of drug-likeness (QED) is 0.868. The smallest absolute Gasteiger partial charge is 0.0594 e. The Bertz CT molecular complexity index is 380. The molecule has 0 aliphatic carbocycles. The van der Waals surface area contributed by atoms with Crippen LogP contribution >= 0.6 is 11.6 Å². The second kappa shape index (κ2) is 7.85. The van der Waals surface area contributed by atoms with Crippen molar-refractivity contribution in [1.29, 1.82) is 0 Å². The number of hydrogen-bond donors (Lipinski definition) is 1. The van der Waals surface area contributed by atoms with Crippen molar-refractivity contribution in [2.45, 2.75) is 19.4 Å². The minimum Gasteiger partial charge on any atom is -0.379 e. The summed E-state index contributed by atoms with van der Waals surface area (Å²) in [5.74, 6) is 0. The number of nitrogens with zero attached hydrogens (tertiary/aromatic N) is 1. The van der Waals surface area contributed by atoms with Gasteiger partial charge >= 0.3 is 0 Å². The molecule has 0 radical (unpaired) electrons. The molecule has 1 unspecified atom stereocenters. The van der Waals surface area contributed by atoms with Crippen LogP contribution in [-0.2, 0) is 4.74 Å². The van der Waals surface area contributed by atoms with Crippen LogP contribution < -0.4 is 5.32 Å². The van der Waals surface area contributed by atoms with Crippen molar-refractivity contribution in [3.05, 3.63) is 34.9 Å². The van der Waals surface area contributed by atoms with Crippen LogP contribution in [0.25, 0.3) is 0 Å². The third kappa shape index (κ3) is 4.46. The van der Waals surface area contributed by atoms with Gasteiger partial charge in [0.2, 0.25) is 0 Å². The highest BCUT2D eigenvalue weighted by atomic mass is 35.5. The van der Waals surface area contributed by atoms with Crippen LogP contribution in [0.2, 0.25) is 5.02 Å². The van der Waals surface area contributed by atoms with Crippen molar-refractivity contribution in [2.24, 2.45) is 0 Å². The highest BCUT2D eigenvalue weighted by molar-refractivity contribution is 6.31. The molecule has 1 atom stereocenters. The lowest BCUT2D eigenvalue weighted by Crippen LogP contribution is -2.38. The molecule has 1 aliphatic heterocycles. The molecule has 1 aliphatic rings. The van der Waals surface area contributed by atoms with E-state index >= 15 is 0 Å². The van der Waals surface area contributed by atoms with Gasteiger partial charge in [0.1, 0.15) is 0 Å². The van der Waals surface area contributed by atoms with Crippen molar-refractivity contribution < 1.29 is 4.74 Å². The summed E-state index contributed by atoms with van der Waals surface area (Å²) in [6.07, 6.45) is 1.08. The largest absolute Gasteiger partial charge is 0.379 e. The zero-order valence-corrected chi connectivity index (χ0v) is 12.3. The van der Waals surface area contributed by atoms with Gasteiger partial charge in [-0.1, -0.05) is 36.7 Å². The van der Waals surface area contributed by atoms with E-state index in [-0.39, 0.29) is 0 Å². The molecule has 4 heteroatoms. The molecule has 0 spiro atoms. The average molecular weight is 283 g/mol. The summed E-state index contributed by atoms with van der Waals surface area (Å²) in [6.45, 7) is 7.99. The second-order valence-electron chi connectivity index (χ2n) is 4.87. The molecule has 1 aromatic rings. The molecule has 2 rings (SSSR count). The Morgan fingerprint density at radius 3 is 2.74 bits per heavy atom. The third-order valence-corrected chi connectivity index (χ3v) is 3.91. The summed E-state index contributed by atoms with van der Waals surface area (Å²) < 4.78 is 5.38. The van der Waals surface area contributed by atoms with Gasteiger partial charge in [-0.2, -0.15) is 0 Å². The van der Waals surface area contributed by atoms with Gasteiger partial charge in [0.05, 0.1) is 13.2 Å². The van der Waals surface area contributed by atoms with Gasteiger partial charge in [-0.15, -0.1) is 0 Å². The first-order valence-corrected chi connectivity index (χ1v) is 7.47. The lowest BCUT2D eigenvalue weighted by atomic mass is 10.0. The average Bonchev–Trinajstić information content (AvgIpc) is 2.45. The maximum absolute atomic E-state index is 6.30. The Hall–Kier alpha value is -0.610. The molecule has 3 nitrogen and oxygen atoms in total. The monoisotopic (exact) mass is 282 g/mol. The van der Waals surface area contributed by atoms with E-state index in [2.05, 4.69) is 29.3 Å². The molecular formula is C15H23ClN2O. The zero-order chi connectivity index (χ0) is 13.5. The first-order valence-electron chi connectivity index (χ1n) is 7.09. The minimum absolute atomic E-state index is 0.335. The summed E-state index contributed by atoms with van der Waals surface area (Å²) in [7, 11) is 0. The molecule has 1 N–H and O–H groups in total. The van der Waals surface area contributed by atoms with Crippen LogP contribution in [0.3, 0.4) is 0 Å². The number of rotatable bonds is 6. The summed E-state index contributed by atoms with van der Waals surface area (Å²) in [6, 6.07) is 8.46. The molecular weight excluding hydrogens is 260 g/mol. The van der Waals surface area contributed by atoms with E-state index in [0.717, 1.165) is 50.8 Å². The van der Waals surface area contributed by atoms with Crippen LogP contribution in [0.1, 0.15) is 24.9 Å². The number of morpholine rings is 1. The highest BCUT2D eigenvalue weighted by Gasteiger charge is 2.16. The van der Waals surface area contributed by atoms with Gasteiger partial charge in [-0.3, -0.25) is 4.90 Å². The van der Waals surface area contributed by atoms with E-state index in [1.807, 2.05) is 12.1 Å². The SMILES string of the molecule is CCNC(CCN1CCOCC1)c1ccccc1Cl. The van der Waals surface area contributed by atoms with E-state index in [9.17, 15) is 0 Å². The summed E-state index contributed by atoms with van der Waals surface area (Å²) in [5, 5.41) is 4.39. The lowest BCUT2D eigenvalue weighted by molar-refractivity contribution is 0.0361. The summed E-state index contributed by atoms with van der Waals surface area (Å²) in [4.78, 5) is 2.46. The van der Waals surface area contributed by atoms with Crippen LogP contribution in [0.15, 0.2) is 24.3 Å². The first-order chi connectivity index (χ1) is 9.31. The standard InChI is InChI=1S/C15H23ClN2O/c1-2-17-15(13-5-3-4-6-14(13)16)7-8-18-9-11-19-12-10-18/h3-6,15,17H,2,7-12H2,1H3. The van der Waals surface area contributed by atoms with Crippen LogP contribution in [-0.4, -0.2) is 44.3 Å². The van der Waals surface area contributed by atoms with Crippen LogP contribution in [0.5, 0.6) is 0 Å². The fourth-order valence-corrected chi connectivity index (χ4v) is 2.78. The maximum Gasteiger partial charge on any atom is 0.0594 e. The molecule has 1 heterocycles. The molecule has 0 saturated carbocycles. The highest BCUT2D eigenvalue weighted by Crippen LogP contribution is 2.25. The van der Waals surface area contributed by atoms with E-state index < -0.39 is 0 Å². The normalized spacial score (nSPS) is 18.4. The van der Waals surface area contributed by atoms with E-state index in [1.165, 1.54) is 5.56 Å². The Morgan fingerprint density at radius 1 is 1.32 bits per heavy atom. The van der Waals surface area contributed by atoms with Crippen molar-refractivity contribution in [2.75, 3.05) is 39.4 Å². The predicted molar refractivity (Wildman–Crippen MR) is 79.7 cm³/mol. The fourth-order valence-electron chi connectivity index (χ4n) is 2.51. The van der Waals surface area contributed by atoms with Crippen molar-refractivity contribution >= 4 is 11.6 Å². The summed E-state index contributed by atoms with van der Waals surface area (Å²) in [5.41, 5.74) is 1.21. The molecule has 0 bridgehead atoms. The van der Waals surface area contributed by atoms with E-state index in [4.69, 9.17) is 16.3 Å². The number of halogens is 1. The van der Waals surface area contributed by atoms with Gasteiger partial charge in [0, 0.05) is 30.7 Å². The van der Waals surface area contributed by atoms with Crippen molar-refractivity contribution in [3.8, 4) is 0 Å². The number of nitrogens with one attached hydrogen (secondary N) is 1. The van der Waals surface area contributed by atoms with Crippen LogP contribution in [0.4, 0.5) is 0 Å². The molecule has 0 amide bonds. The first kappa shape index (κ1) is 14.8. The maximum atomic E-state index is 6.30. The zero-order valence-electron chi connectivity index (χ0n) is 11.6. The molecule has 0 aromatic heterocycles. The van der Waals surface area contributed by atoms with Gasteiger partial charge in [0.25, 0.3) is 0 Å². The lowest BCUT2D eigenvalue weighted by Gasteiger charge is -2.29. The van der Waals surface area contributed by atoms with E-state index in [1.54, 1.807) is 0 Å².